The van der Waals surface area contributed by atoms with Crippen LogP contribution in [0.2, 0.25) is 0 Å². The summed E-state index contributed by atoms with van der Waals surface area (Å²) in [7, 11) is 0. The Hall–Kier alpha value is -2.61. The van der Waals surface area contributed by atoms with Crippen molar-refractivity contribution >= 4 is 21.8 Å². The first-order chi connectivity index (χ1) is 14.0. The van der Waals surface area contributed by atoms with Crippen LogP contribution in [0, 0.1) is 5.92 Å². The van der Waals surface area contributed by atoms with Crippen LogP contribution in [-0.2, 0) is 6.61 Å². The molecular weight excluding hydrogens is 438 g/mol. The molecule has 0 saturated heterocycles. The summed E-state index contributed by atoms with van der Waals surface area (Å²) in [5.74, 6) is 2.79. The summed E-state index contributed by atoms with van der Waals surface area (Å²) in [5.41, 5.74) is 0. The van der Waals surface area contributed by atoms with Gasteiger partial charge >= 0.3 is 0 Å². The molecule has 1 fully saturated rings. The third-order valence-electron chi connectivity index (χ3n) is 4.68. The normalized spacial score (nSPS) is 14.8. The van der Waals surface area contributed by atoms with Gasteiger partial charge in [0.1, 0.15) is 24.2 Å². The summed E-state index contributed by atoms with van der Waals surface area (Å²) in [6, 6.07) is 10.5. The molecule has 1 atom stereocenters. The molecule has 1 N–H and O–H groups in total. The highest BCUT2D eigenvalue weighted by Crippen LogP contribution is 2.38. The largest absolute Gasteiger partial charge is 0.486 e. The lowest BCUT2D eigenvalue weighted by Crippen LogP contribution is -2.31. The summed E-state index contributed by atoms with van der Waals surface area (Å²) in [6.45, 7) is 4.21. The average molecular weight is 460 g/mol. The van der Waals surface area contributed by atoms with Gasteiger partial charge in [-0.3, -0.25) is 4.79 Å². The minimum absolute atomic E-state index is 0.0840. The fourth-order valence-corrected chi connectivity index (χ4v) is 3.27. The predicted octanol–water partition coefficient (Wildman–Crippen LogP) is 5.01. The van der Waals surface area contributed by atoms with Crippen molar-refractivity contribution in [2.24, 2.45) is 5.92 Å². The monoisotopic (exact) mass is 459 g/mol. The Bertz CT molecular complexity index is 993. The number of hydrogen-bond donors (Lipinski definition) is 1. The van der Waals surface area contributed by atoms with Crippen LogP contribution < -0.4 is 10.1 Å². The number of hydrogen-bond acceptors (Lipinski definition) is 6. The maximum absolute atomic E-state index is 12.7. The van der Waals surface area contributed by atoms with Gasteiger partial charge in [-0.15, -0.1) is 0 Å². The molecule has 1 aliphatic carbocycles. The second-order valence-electron chi connectivity index (χ2n) is 7.47. The van der Waals surface area contributed by atoms with E-state index in [2.05, 4.69) is 31.4 Å². The van der Waals surface area contributed by atoms with E-state index in [1.54, 1.807) is 12.1 Å². The Morgan fingerprint density at radius 3 is 2.86 bits per heavy atom. The third kappa shape index (κ3) is 4.87. The van der Waals surface area contributed by atoms with Gasteiger partial charge in [-0.05, 0) is 49.1 Å². The summed E-state index contributed by atoms with van der Waals surface area (Å²) in [4.78, 5) is 17.1. The van der Waals surface area contributed by atoms with E-state index in [1.807, 2.05) is 38.1 Å². The SMILES string of the molecule is CC(C)C(NC(=O)c1ccc(COc2cccc(Br)c2)o1)c1nc(C2CC2)no1. The zero-order chi connectivity index (χ0) is 20.4. The number of ether oxygens (including phenoxy) is 1. The molecule has 1 aliphatic rings. The predicted molar refractivity (Wildman–Crippen MR) is 109 cm³/mol. The van der Waals surface area contributed by atoms with Crippen molar-refractivity contribution < 1.29 is 18.5 Å². The molecule has 1 aromatic carbocycles. The van der Waals surface area contributed by atoms with Crippen LogP contribution in [0.3, 0.4) is 0 Å². The highest BCUT2D eigenvalue weighted by atomic mass is 79.9. The number of nitrogens with zero attached hydrogens (tertiary/aromatic N) is 2. The van der Waals surface area contributed by atoms with E-state index in [-0.39, 0.29) is 30.2 Å². The standard InChI is InChI=1S/C21H22BrN3O4/c1-12(2)18(21-24-19(25-29-21)13-6-7-13)23-20(26)17-9-8-16(28-17)11-27-15-5-3-4-14(22)10-15/h3-5,8-10,12-13,18H,6-7,11H2,1-2H3,(H,23,26). The second-order valence-corrected chi connectivity index (χ2v) is 8.39. The lowest BCUT2D eigenvalue weighted by atomic mass is 10.0. The van der Waals surface area contributed by atoms with Crippen molar-refractivity contribution in [3.8, 4) is 5.75 Å². The lowest BCUT2D eigenvalue weighted by Gasteiger charge is -2.17. The van der Waals surface area contributed by atoms with Crippen molar-refractivity contribution in [2.45, 2.75) is 45.3 Å². The quantitative estimate of drug-likeness (QED) is 0.508. The van der Waals surface area contributed by atoms with Gasteiger partial charge in [-0.1, -0.05) is 41.0 Å². The van der Waals surface area contributed by atoms with Crippen LogP contribution in [0.4, 0.5) is 0 Å². The van der Waals surface area contributed by atoms with Crippen molar-refractivity contribution in [1.82, 2.24) is 15.5 Å². The molecular formula is C21H22BrN3O4. The Labute approximate surface area is 176 Å². The van der Waals surface area contributed by atoms with Crippen molar-refractivity contribution in [2.75, 3.05) is 0 Å². The molecule has 29 heavy (non-hydrogen) atoms. The van der Waals surface area contributed by atoms with Crippen LogP contribution in [0.5, 0.6) is 5.75 Å². The van der Waals surface area contributed by atoms with E-state index in [0.29, 0.717) is 23.3 Å². The minimum atomic E-state index is -0.381. The van der Waals surface area contributed by atoms with E-state index in [0.717, 1.165) is 23.1 Å². The van der Waals surface area contributed by atoms with Crippen molar-refractivity contribution in [1.29, 1.82) is 0 Å². The van der Waals surface area contributed by atoms with Gasteiger partial charge in [0.25, 0.3) is 5.91 Å². The Morgan fingerprint density at radius 2 is 2.14 bits per heavy atom. The Balaban J connectivity index is 1.39. The molecule has 2 aromatic heterocycles. The average Bonchev–Trinajstić information content (AvgIpc) is 3.24. The summed E-state index contributed by atoms with van der Waals surface area (Å²) in [6.07, 6.45) is 2.18. The fourth-order valence-electron chi connectivity index (χ4n) is 2.90. The number of nitrogens with one attached hydrogen (secondary N) is 1. The van der Waals surface area contributed by atoms with Crippen molar-refractivity contribution in [3.05, 3.63) is 64.1 Å². The Morgan fingerprint density at radius 1 is 1.31 bits per heavy atom. The van der Waals surface area contributed by atoms with Gasteiger partial charge in [-0.25, -0.2) is 0 Å². The summed E-state index contributed by atoms with van der Waals surface area (Å²) < 4.78 is 17.7. The maximum atomic E-state index is 12.7. The van der Waals surface area contributed by atoms with E-state index in [4.69, 9.17) is 13.7 Å². The third-order valence-corrected chi connectivity index (χ3v) is 5.18. The minimum Gasteiger partial charge on any atom is -0.486 e. The van der Waals surface area contributed by atoms with Gasteiger partial charge in [0.2, 0.25) is 5.89 Å². The van der Waals surface area contributed by atoms with E-state index in [1.165, 1.54) is 0 Å². The number of rotatable bonds is 8. The molecule has 0 radical (unpaired) electrons. The van der Waals surface area contributed by atoms with Gasteiger partial charge in [0.05, 0.1) is 0 Å². The smallest absolute Gasteiger partial charge is 0.287 e. The molecule has 3 aromatic rings. The van der Waals surface area contributed by atoms with Gasteiger partial charge in [0, 0.05) is 10.4 Å². The van der Waals surface area contributed by atoms with Crippen molar-refractivity contribution in [3.63, 3.8) is 0 Å². The zero-order valence-corrected chi connectivity index (χ0v) is 17.8. The molecule has 0 bridgehead atoms. The number of furan rings is 1. The molecule has 7 nitrogen and oxygen atoms in total. The molecule has 1 saturated carbocycles. The Kier molecular flexibility index (Phi) is 5.71. The molecule has 0 aliphatic heterocycles. The molecule has 2 heterocycles. The first-order valence-electron chi connectivity index (χ1n) is 9.61. The number of carbonyl (C=O) groups excluding carboxylic acids is 1. The van der Waals surface area contributed by atoms with Crippen LogP contribution in [0.15, 0.2) is 49.8 Å². The molecule has 152 valence electrons. The topological polar surface area (TPSA) is 90.4 Å². The van der Waals surface area contributed by atoms with Gasteiger partial charge < -0.3 is 19.0 Å². The second kappa shape index (κ2) is 8.41. The lowest BCUT2D eigenvalue weighted by molar-refractivity contribution is 0.0881. The van der Waals surface area contributed by atoms with Crippen LogP contribution in [-0.4, -0.2) is 16.0 Å². The van der Waals surface area contributed by atoms with Crippen LogP contribution >= 0.6 is 15.9 Å². The fraction of sp³-hybridized carbons (Fsp3) is 0.381. The molecule has 4 rings (SSSR count). The first kappa shape index (κ1) is 19.7. The summed E-state index contributed by atoms with van der Waals surface area (Å²) in [5, 5.41) is 6.98. The van der Waals surface area contributed by atoms with Crippen LogP contribution in [0.25, 0.3) is 0 Å². The van der Waals surface area contributed by atoms with Gasteiger partial charge in [-0.2, -0.15) is 4.98 Å². The number of aromatic nitrogens is 2. The maximum Gasteiger partial charge on any atom is 0.287 e. The number of halogens is 1. The molecule has 8 heteroatoms. The van der Waals surface area contributed by atoms with Gasteiger partial charge in [0.15, 0.2) is 11.6 Å². The highest BCUT2D eigenvalue weighted by Gasteiger charge is 2.32. The van der Waals surface area contributed by atoms with E-state index < -0.39 is 0 Å². The molecule has 1 amide bonds. The first-order valence-corrected chi connectivity index (χ1v) is 10.4. The number of benzene rings is 1. The molecule has 0 spiro atoms. The summed E-state index contributed by atoms with van der Waals surface area (Å²) >= 11 is 3.40. The molecule has 1 unspecified atom stereocenters. The van der Waals surface area contributed by atoms with E-state index in [9.17, 15) is 4.79 Å². The van der Waals surface area contributed by atoms with E-state index >= 15 is 0 Å². The van der Waals surface area contributed by atoms with Crippen LogP contribution in [0.1, 0.15) is 66.7 Å². The number of carbonyl (C=O) groups is 1. The number of amides is 1. The highest BCUT2D eigenvalue weighted by molar-refractivity contribution is 9.10. The zero-order valence-electron chi connectivity index (χ0n) is 16.2.